The monoisotopic (exact) mass is 645 g/mol. The van der Waals surface area contributed by atoms with Gasteiger partial charge in [-0.05, 0) is 84.6 Å². The summed E-state index contributed by atoms with van der Waals surface area (Å²) in [5, 5.41) is 8.65. The Bertz CT molecular complexity index is 1860. The fourth-order valence-electron chi connectivity index (χ4n) is 4.74. The standard InChI is InChI=1S/C38H32ClN3O3S/c1-25-12-11-13-26(2)34(25)42-38(45)35(27-14-5-3-6-15-27)46-31-22-20-30(21-23-31)40-37(44)33(24-29-18-9-10-19-32(29)39)41-36(43)28-16-7-4-8-17-28/h3-24,35H,1-2H3,(H,40,44)(H,41,43)(H,42,45)/b33-24-. The van der Waals surface area contributed by atoms with E-state index in [-0.39, 0.29) is 11.6 Å². The van der Waals surface area contributed by atoms with Gasteiger partial charge in [0.25, 0.3) is 11.8 Å². The molecule has 0 spiro atoms. The number of aryl methyl sites for hydroxylation is 2. The zero-order valence-electron chi connectivity index (χ0n) is 25.3. The summed E-state index contributed by atoms with van der Waals surface area (Å²) < 4.78 is 0. The number of amides is 3. The minimum atomic E-state index is -0.515. The number of hydrogen-bond donors (Lipinski definition) is 3. The lowest BCUT2D eigenvalue weighted by atomic mass is 10.1. The Morgan fingerprint density at radius 2 is 1.30 bits per heavy atom. The van der Waals surface area contributed by atoms with E-state index in [2.05, 4.69) is 16.0 Å². The molecule has 8 heteroatoms. The third-order valence-corrected chi connectivity index (χ3v) is 8.78. The van der Waals surface area contributed by atoms with Crippen LogP contribution in [0.25, 0.3) is 6.08 Å². The topological polar surface area (TPSA) is 87.3 Å². The molecular weight excluding hydrogens is 614 g/mol. The molecule has 0 radical (unpaired) electrons. The van der Waals surface area contributed by atoms with Crippen LogP contribution in [0.5, 0.6) is 0 Å². The van der Waals surface area contributed by atoms with E-state index in [0.717, 1.165) is 27.3 Å². The molecule has 46 heavy (non-hydrogen) atoms. The van der Waals surface area contributed by atoms with Crippen LogP contribution < -0.4 is 16.0 Å². The van der Waals surface area contributed by atoms with Crippen LogP contribution in [-0.4, -0.2) is 17.7 Å². The van der Waals surface area contributed by atoms with Crippen molar-refractivity contribution in [3.05, 3.63) is 166 Å². The molecule has 1 unspecified atom stereocenters. The molecule has 0 aliphatic rings. The summed E-state index contributed by atoms with van der Waals surface area (Å²) in [5.41, 5.74) is 5.22. The van der Waals surface area contributed by atoms with Gasteiger partial charge >= 0.3 is 0 Å². The molecule has 5 aromatic rings. The quantitative estimate of drug-likeness (QED) is 0.105. The molecule has 0 aliphatic carbocycles. The van der Waals surface area contributed by atoms with Crippen LogP contribution in [0.15, 0.2) is 138 Å². The van der Waals surface area contributed by atoms with Gasteiger partial charge in [-0.15, -0.1) is 11.8 Å². The van der Waals surface area contributed by atoms with Crippen molar-refractivity contribution in [3.63, 3.8) is 0 Å². The maximum Gasteiger partial charge on any atom is 0.272 e. The minimum Gasteiger partial charge on any atom is -0.324 e. The van der Waals surface area contributed by atoms with E-state index in [1.807, 2.05) is 80.6 Å². The van der Waals surface area contributed by atoms with E-state index in [4.69, 9.17) is 11.6 Å². The molecule has 3 amide bonds. The Balaban J connectivity index is 1.34. The molecule has 5 aromatic carbocycles. The third-order valence-electron chi connectivity index (χ3n) is 7.17. The van der Waals surface area contributed by atoms with E-state index < -0.39 is 17.1 Å². The first-order valence-electron chi connectivity index (χ1n) is 14.6. The van der Waals surface area contributed by atoms with Gasteiger partial charge in [0, 0.05) is 26.9 Å². The van der Waals surface area contributed by atoms with Crippen LogP contribution in [0.4, 0.5) is 11.4 Å². The summed E-state index contributed by atoms with van der Waals surface area (Å²) in [5.74, 6) is -1.07. The highest BCUT2D eigenvalue weighted by molar-refractivity contribution is 8.00. The molecule has 0 bridgehead atoms. The van der Waals surface area contributed by atoms with E-state index >= 15 is 0 Å². The average molecular weight is 646 g/mol. The first-order chi connectivity index (χ1) is 22.3. The molecule has 0 aliphatic heterocycles. The number of carbonyl (C=O) groups excluding carboxylic acids is 3. The SMILES string of the molecule is Cc1cccc(C)c1NC(=O)C(Sc1ccc(NC(=O)/C(=C/c2ccccc2Cl)NC(=O)c2ccccc2)cc1)c1ccccc1. The fraction of sp³-hybridized carbons (Fsp3) is 0.0789. The first kappa shape index (κ1) is 32.3. The summed E-state index contributed by atoms with van der Waals surface area (Å²) in [6.45, 7) is 3.95. The first-order valence-corrected chi connectivity index (χ1v) is 15.9. The average Bonchev–Trinajstić information content (AvgIpc) is 3.07. The van der Waals surface area contributed by atoms with Crippen molar-refractivity contribution in [3.8, 4) is 0 Å². The molecular formula is C38H32ClN3O3S. The number of nitrogens with one attached hydrogen (secondary N) is 3. The van der Waals surface area contributed by atoms with Crippen LogP contribution >= 0.6 is 23.4 Å². The number of benzene rings is 5. The highest BCUT2D eigenvalue weighted by Gasteiger charge is 2.23. The highest BCUT2D eigenvalue weighted by atomic mass is 35.5. The maximum absolute atomic E-state index is 13.6. The summed E-state index contributed by atoms with van der Waals surface area (Å²) in [6.07, 6.45) is 1.54. The number of anilines is 2. The second-order valence-electron chi connectivity index (χ2n) is 10.5. The molecule has 0 saturated carbocycles. The van der Waals surface area contributed by atoms with Crippen LogP contribution in [0, 0.1) is 13.8 Å². The number of rotatable bonds is 10. The third kappa shape index (κ3) is 8.33. The van der Waals surface area contributed by atoms with Crippen molar-refractivity contribution in [1.29, 1.82) is 0 Å². The van der Waals surface area contributed by atoms with Gasteiger partial charge in [-0.1, -0.05) is 96.5 Å². The summed E-state index contributed by atoms with van der Waals surface area (Å²) in [4.78, 5) is 40.9. The summed E-state index contributed by atoms with van der Waals surface area (Å²) in [7, 11) is 0. The Kier molecular flexibility index (Phi) is 10.7. The Hall–Kier alpha value is -5.11. The van der Waals surface area contributed by atoms with Crippen LogP contribution in [0.3, 0.4) is 0 Å². The number of carbonyl (C=O) groups is 3. The summed E-state index contributed by atoms with van der Waals surface area (Å²) >= 11 is 7.77. The molecule has 1 atom stereocenters. The minimum absolute atomic E-state index is 0.0349. The Morgan fingerprint density at radius 1 is 0.696 bits per heavy atom. The fourth-order valence-corrected chi connectivity index (χ4v) is 5.96. The van der Waals surface area contributed by atoms with E-state index in [0.29, 0.717) is 21.8 Å². The van der Waals surface area contributed by atoms with Crippen molar-refractivity contribution in [2.45, 2.75) is 24.0 Å². The van der Waals surface area contributed by atoms with Crippen LogP contribution in [0.1, 0.15) is 37.9 Å². The molecule has 0 saturated heterocycles. The molecule has 0 aromatic heterocycles. The predicted octanol–water partition coefficient (Wildman–Crippen LogP) is 8.84. The number of halogens is 1. The van der Waals surface area contributed by atoms with Gasteiger partial charge in [-0.2, -0.15) is 0 Å². The van der Waals surface area contributed by atoms with E-state index in [9.17, 15) is 14.4 Å². The maximum atomic E-state index is 13.6. The lowest BCUT2D eigenvalue weighted by Gasteiger charge is -2.19. The van der Waals surface area contributed by atoms with Crippen LogP contribution in [-0.2, 0) is 9.59 Å². The van der Waals surface area contributed by atoms with Gasteiger partial charge in [0.2, 0.25) is 5.91 Å². The van der Waals surface area contributed by atoms with E-state index in [1.165, 1.54) is 11.8 Å². The van der Waals surface area contributed by atoms with Crippen molar-refractivity contribution in [2.75, 3.05) is 10.6 Å². The lowest BCUT2D eigenvalue weighted by molar-refractivity contribution is -0.116. The molecule has 3 N–H and O–H groups in total. The van der Waals surface area contributed by atoms with Gasteiger partial charge in [-0.25, -0.2) is 0 Å². The van der Waals surface area contributed by atoms with Crippen molar-refractivity contribution in [2.24, 2.45) is 0 Å². The van der Waals surface area contributed by atoms with Gasteiger partial charge in [0.1, 0.15) is 10.9 Å². The normalized spacial score (nSPS) is 11.8. The zero-order valence-corrected chi connectivity index (χ0v) is 26.9. The van der Waals surface area contributed by atoms with E-state index in [1.54, 1.807) is 66.7 Å². The lowest BCUT2D eigenvalue weighted by Crippen LogP contribution is -2.30. The van der Waals surface area contributed by atoms with Crippen molar-refractivity contribution < 1.29 is 14.4 Å². The van der Waals surface area contributed by atoms with Crippen molar-refractivity contribution in [1.82, 2.24) is 5.32 Å². The second kappa shape index (κ2) is 15.3. The predicted molar refractivity (Wildman–Crippen MR) is 188 cm³/mol. The largest absolute Gasteiger partial charge is 0.324 e. The smallest absolute Gasteiger partial charge is 0.272 e. The molecule has 5 rings (SSSR count). The second-order valence-corrected chi connectivity index (χ2v) is 12.1. The van der Waals surface area contributed by atoms with Gasteiger partial charge < -0.3 is 16.0 Å². The Morgan fingerprint density at radius 3 is 1.96 bits per heavy atom. The Labute approximate surface area is 277 Å². The van der Waals surface area contributed by atoms with Crippen molar-refractivity contribution >= 4 is 58.5 Å². The highest BCUT2D eigenvalue weighted by Crippen LogP contribution is 2.37. The molecule has 230 valence electrons. The van der Waals surface area contributed by atoms with Gasteiger partial charge in [0.05, 0.1) is 0 Å². The summed E-state index contributed by atoms with van der Waals surface area (Å²) in [6, 6.07) is 38.5. The van der Waals surface area contributed by atoms with Gasteiger partial charge in [-0.3, -0.25) is 14.4 Å². The van der Waals surface area contributed by atoms with Gasteiger partial charge in [0.15, 0.2) is 0 Å². The molecule has 0 fully saturated rings. The molecule has 6 nitrogen and oxygen atoms in total. The molecule has 0 heterocycles. The zero-order chi connectivity index (χ0) is 32.5. The number of para-hydroxylation sites is 1. The van der Waals surface area contributed by atoms with Crippen LogP contribution in [0.2, 0.25) is 5.02 Å². The number of hydrogen-bond acceptors (Lipinski definition) is 4. The number of thioether (sulfide) groups is 1.